The molecule has 0 saturated carbocycles. The zero-order chi connectivity index (χ0) is 14.8. The molecule has 108 valence electrons. The van der Waals surface area contributed by atoms with Crippen molar-refractivity contribution >= 4 is 16.9 Å². The van der Waals surface area contributed by atoms with Gasteiger partial charge in [-0.3, -0.25) is 0 Å². The number of allylic oxidation sites excluding steroid dienone is 2. The molecule has 0 unspecified atom stereocenters. The number of nitrogens with one attached hydrogen (secondary N) is 1. The highest BCUT2D eigenvalue weighted by Crippen LogP contribution is 2.53. The quantitative estimate of drug-likeness (QED) is 0.636. The van der Waals surface area contributed by atoms with Gasteiger partial charge in [-0.05, 0) is 41.5 Å². The Bertz CT molecular complexity index is 782. The molecule has 1 aromatic carbocycles. The predicted octanol–water partition coefficient (Wildman–Crippen LogP) is 3.91. The van der Waals surface area contributed by atoms with Crippen molar-refractivity contribution in [3.63, 3.8) is 0 Å². The van der Waals surface area contributed by atoms with Crippen LogP contribution in [0.1, 0.15) is 47.8 Å². The molecular formula is C18H19NO2. The van der Waals surface area contributed by atoms with Crippen molar-refractivity contribution in [2.24, 2.45) is 5.92 Å². The molecule has 0 saturated heterocycles. The van der Waals surface area contributed by atoms with E-state index in [9.17, 15) is 4.79 Å². The SMILES string of the molecule is COC(=O)c1ccc2[nH]c3c(c2c1)C(C)(C)[C@@H]1C=C[C@@H]3C1. The van der Waals surface area contributed by atoms with Crippen LogP contribution in [0.2, 0.25) is 0 Å². The monoisotopic (exact) mass is 281 g/mol. The number of aromatic nitrogens is 1. The summed E-state index contributed by atoms with van der Waals surface area (Å²) in [5, 5.41) is 1.16. The first-order chi connectivity index (χ1) is 10.0. The van der Waals surface area contributed by atoms with E-state index in [1.807, 2.05) is 18.2 Å². The predicted molar refractivity (Wildman–Crippen MR) is 82.7 cm³/mol. The fourth-order valence-corrected chi connectivity index (χ4v) is 4.06. The van der Waals surface area contributed by atoms with Gasteiger partial charge in [0, 0.05) is 22.5 Å². The Labute approximate surface area is 124 Å². The number of aromatic amines is 1. The summed E-state index contributed by atoms with van der Waals surface area (Å²) >= 11 is 0. The first kappa shape index (κ1) is 12.7. The lowest BCUT2D eigenvalue weighted by Crippen LogP contribution is -2.31. The van der Waals surface area contributed by atoms with Gasteiger partial charge >= 0.3 is 5.97 Å². The van der Waals surface area contributed by atoms with Gasteiger partial charge in [0.15, 0.2) is 0 Å². The van der Waals surface area contributed by atoms with Crippen LogP contribution in [0.4, 0.5) is 0 Å². The number of carbonyl (C=O) groups is 1. The Balaban J connectivity index is 2.00. The van der Waals surface area contributed by atoms with Crippen LogP contribution in [0.25, 0.3) is 10.9 Å². The van der Waals surface area contributed by atoms with Gasteiger partial charge in [0.05, 0.1) is 12.7 Å². The number of rotatable bonds is 1. The van der Waals surface area contributed by atoms with Gasteiger partial charge in [0.1, 0.15) is 0 Å². The van der Waals surface area contributed by atoms with E-state index in [-0.39, 0.29) is 11.4 Å². The average Bonchev–Trinajstić information content (AvgIpc) is 3.07. The Morgan fingerprint density at radius 3 is 2.90 bits per heavy atom. The van der Waals surface area contributed by atoms with Crippen LogP contribution in [0.3, 0.4) is 0 Å². The highest BCUT2D eigenvalue weighted by Gasteiger charge is 2.43. The van der Waals surface area contributed by atoms with Crippen LogP contribution >= 0.6 is 0 Å². The minimum absolute atomic E-state index is 0.0891. The largest absolute Gasteiger partial charge is 0.465 e. The second-order valence-corrected chi connectivity index (χ2v) is 6.72. The van der Waals surface area contributed by atoms with Crippen molar-refractivity contribution in [2.75, 3.05) is 7.11 Å². The maximum atomic E-state index is 11.8. The normalized spacial score (nSPS) is 25.1. The maximum absolute atomic E-state index is 11.8. The lowest BCUT2D eigenvalue weighted by molar-refractivity contribution is 0.0601. The van der Waals surface area contributed by atoms with Crippen molar-refractivity contribution in [1.29, 1.82) is 0 Å². The highest BCUT2D eigenvalue weighted by atomic mass is 16.5. The van der Waals surface area contributed by atoms with E-state index in [4.69, 9.17) is 4.74 Å². The zero-order valence-corrected chi connectivity index (χ0v) is 12.6. The summed E-state index contributed by atoms with van der Waals surface area (Å²) in [4.78, 5) is 15.4. The Morgan fingerprint density at radius 2 is 2.14 bits per heavy atom. The molecule has 0 amide bonds. The topological polar surface area (TPSA) is 42.1 Å². The fourth-order valence-electron chi connectivity index (χ4n) is 4.06. The van der Waals surface area contributed by atoms with Crippen LogP contribution in [0, 0.1) is 5.92 Å². The molecule has 0 radical (unpaired) electrons. The number of hydrogen-bond acceptors (Lipinski definition) is 2. The third kappa shape index (κ3) is 1.57. The van der Waals surface area contributed by atoms with Crippen molar-refractivity contribution < 1.29 is 9.53 Å². The van der Waals surface area contributed by atoms with Gasteiger partial charge in [0.2, 0.25) is 0 Å². The molecule has 2 aliphatic rings. The molecule has 1 N–H and O–H groups in total. The Morgan fingerprint density at radius 1 is 1.33 bits per heavy atom. The third-order valence-corrected chi connectivity index (χ3v) is 5.27. The number of benzene rings is 1. The van der Waals surface area contributed by atoms with Gasteiger partial charge < -0.3 is 9.72 Å². The van der Waals surface area contributed by atoms with Crippen LogP contribution in [0.5, 0.6) is 0 Å². The van der Waals surface area contributed by atoms with Crippen LogP contribution in [-0.4, -0.2) is 18.1 Å². The molecule has 21 heavy (non-hydrogen) atoms. The Hall–Kier alpha value is -2.03. The van der Waals surface area contributed by atoms with Crippen LogP contribution < -0.4 is 0 Å². The van der Waals surface area contributed by atoms with Crippen LogP contribution in [-0.2, 0) is 10.2 Å². The minimum Gasteiger partial charge on any atom is -0.465 e. The molecular weight excluding hydrogens is 262 g/mol. The van der Waals surface area contributed by atoms with Crippen molar-refractivity contribution in [2.45, 2.75) is 31.6 Å². The van der Waals surface area contributed by atoms with Gasteiger partial charge in [0.25, 0.3) is 0 Å². The number of carbonyl (C=O) groups excluding carboxylic acids is 1. The zero-order valence-electron chi connectivity index (χ0n) is 12.6. The van der Waals surface area contributed by atoms with Crippen molar-refractivity contribution in [3.05, 3.63) is 47.2 Å². The molecule has 3 nitrogen and oxygen atoms in total. The van der Waals surface area contributed by atoms with Crippen molar-refractivity contribution in [1.82, 2.24) is 4.98 Å². The number of esters is 1. The van der Waals surface area contributed by atoms with E-state index in [0.29, 0.717) is 17.4 Å². The number of ether oxygens (including phenoxy) is 1. The van der Waals surface area contributed by atoms with E-state index in [2.05, 4.69) is 31.0 Å². The molecule has 3 heteroatoms. The molecule has 0 fully saturated rings. The lowest BCUT2D eigenvalue weighted by Gasteiger charge is -2.37. The van der Waals surface area contributed by atoms with Gasteiger partial charge in [-0.1, -0.05) is 26.0 Å². The lowest BCUT2D eigenvalue weighted by atomic mass is 9.67. The van der Waals surface area contributed by atoms with E-state index in [1.165, 1.54) is 24.8 Å². The highest BCUT2D eigenvalue weighted by molar-refractivity contribution is 5.96. The van der Waals surface area contributed by atoms with Crippen molar-refractivity contribution in [3.8, 4) is 0 Å². The van der Waals surface area contributed by atoms with E-state index in [0.717, 1.165) is 10.9 Å². The standard InChI is InChI=1S/C18H19NO2/c1-18(2)12-6-4-10(8-12)16-15(18)13-9-11(17(20)21-3)5-7-14(13)19-16/h4-7,9-10,12,19H,8H2,1-3H3/t10-,12-/m1/s1. The summed E-state index contributed by atoms with van der Waals surface area (Å²) in [6.45, 7) is 4.61. The third-order valence-electron chi connectivity index (χ3n) is 5.27. The molecule has 2 aromatic rings. The summed E-state index contributed by atoms with van der Waals surface area (Å²) in [6, 6.07) is 5.80. The fraction of sp³-hybridized carbons (Fsp3) is 0.389. The number of H-pyrrole nitrogens is 1. The molecule has 2 atom stereocenters. The van der Waals surface area contributed by atoms with Crippen LogP contribution in [0.15, 0.2) is 30.4 Å². The second kappa shape index (κ2) is 4.00. The molecule has 0 aliphatic heterocycles. The smallest absolute Gasteiger partial charge is 0.337 e. The van der Waals surface area contributed by atoms with Gasteiger partial charge in [-0.25, -0.2) is 4.79 Å². The number of hydrogen-bond donors (Lipinski definition) is 1. The first-order valence-corrected chi connectivity index (χ1v) is 7.45. The maximum Gasteiger partial charge on any atom is 0.337 e. The summed E-state index contributed by atoms with van der Waals surface area (Å²) in [5.41, 5.74) is 4.51. The number of methoxy groups -OCH3 is 1. The summed E-state index contributed by atoms with van der Waals surface area (Å²) in [6.07, 6.45) is 5.88. The number of fused-ring (bicyclic) bond motifs is 6. The first-order valence-electron chi connectivity index (χ1n) is 7.45. The molecule has 1 aromatic heterocycles. The summed E-state index contributed by atoms with van der Waals surface area (Å²) in [7, 11) is 1.42. The molecule has 2 aliphatic carbocycles. The molecule has 4 rings (SSSR count). The summed E-state index contributed by atoms with van der Waals surface area (Å²) in [5.74, 6) is 0.796. The van der Waals surface area contributed by atoms with E-state index < -0.39 is 0 Å². The average molecular weight is 281 g/mol. The second-order valence-electron chi connectivity index (χ2n) is 6.72. The Kier molecular flexibility index (Phi) is 2.42. The summed E-state index contributed by atoms with van der Waals surface area (Å²) < 4.78 is 4.85. The van der Waals surface area contributed by atoms with Gasteiger partial charge in [-0.2, -0.15) is 0 Å². The van der Waals surface area contributed by atoms with E-state index in [1.54, 1.807) is 0 Å². The molecule has 0 spiro atoms. The molecule has 1 heterocycles. The van der Waals surface area contributed by atoms with E-state index >= 15 is 0 Å². The minimum atomic E-state index is -0.276. The van der Waals surface area contributed by atoms with Gasteiger partial charge in [-0.15, -0.1) is 0 Å². The molecule has 2 bridgehead atoms.